The van der Waals surface area contributed by atoms with E-state index < -0.39 is 5.91 Å². The molecule has 1 aliphatic heterocycles. The van der Waals surface area contributed by atoms with Crippen LogP contribution in [0.1, 0.15) is 11.1 Å². The molecule has 5 heteroatoms. The van der Waals surface area contributed by atoms with Gasteiger partial charge in [0.2, 0.25) is 0 Å². The van der Waals surface area contributed by atoms with Crippen molar-refractivity contribution in [3.63, 3.8) is 0 Å². The average Bonchev–Trinajstić information content (AvgIpc) is 3.03. The fraction of sp³-hybridized carbons (Fsp3) is 0.200. The first-order valence-electron chi connectivity index (χ1n) is 8.05. The maximum atomic E-state index is 12.5. The molecule has 5 nitrogen and oxygen atoms in total. The molecule has 3 rings (SSSR count). The zero-order valence-electron chi connectivity index (χ0n) is 14.2. The molecule has 126 valence electrons. The highest BCUT2D eigenvalue weighted by Gasteiger charge is 2.20. The van der Waals surface area contributed by atoms with E-state index in [4.69, 9.17) is 4.74 Å². The summed E-state index contributed by atoms with van der Waals surface area (Å²) in [5.41, 5.74) is 3.86. The summed E-state index contributed by atoms with van der Waals surface area (Å²) in [4.78, 5) is 14.5. The van der Waals surface area contributed by atoms with Gasteiger partial charge < -0.3 is 15.0 Å². The van der Waals surface area contributed by atoms with Gasteiger partial charge in [0.1, 0.15) is 17.4 Å². The number of benzene rings is 2. The van der Waals surface area contributed by atoms with Gasteiger partial charge in [-0.3, -0.25) is 4.79 Å². The highest BCUT2D eigenvalue weighted by molar-refractivity contribution is 6.07. The van der Waals surface area contributed by atoms with Crippen LogP contribution in [0.25, 0.3) is 0 Å². The summed E-state index contributed by atoms with van der Waals surface area (Å²) in [5.74, 6) is 0.110. The van der Waals surface area contributed by atoms with Crippen LogP contribution in [0.2, 0.25) is 0 Å². The van der Waals surface area contributed by atoms with Gasteiger partial charge in [0, 0.05) is 18.4 Å². The van der Waals surface area contributed by atoms with Crippen LogP contribution in [-0.4, -0.2) is 19.6 Å². The SMILES string of the molecule is COc1ccc(C)cc1NC(=O)/C(C#N)=C\N1CCc2ccccc21. The third-order valence-corrected chi connectivity index (χ3v) is 4.18. The second kappa shape index (κ2) is 7.10. The van der Waals surface area contributed by atoms with E-state index in [1.807, 2.05) is 48.2 Å². The van der Waals surface area contributed by atoms with Gasteiger partial charge in [-0.2, -0.15) is 5.26 Å². The molecule has 1 N–H and O–H groups in total. The minimum absolute atomic E-state index is 0.0558. The van der Waals surface area contributed by atoms with Gasteiger partial charge in [0.25, 0.3) is 5.91 Å². The average molecular weight is 333 g/mol. The molecule has 0 radical (unpaired) electrons. The molecule has 0 aliphatic carbocycles. The van der Waals surface area contributed by atoms with E-state index in [9.17, 15) is 10.1 Å². The first kappa shape index (κ1) is 16.6. The number of amides is 1. The van der Waals surface area contributed by atoms with Crippen molar-refractivity contribution >= 4 is 17.3 Å². The Hall–Kier alpha value is -3.26. The lowest BCUT2D eigenvalue weighted by molar-refractivity contribution is -0.112. The van der Waals surface area contributed by atoms with Crippen LogP contribution in [0, 0.1) is 18.3 Å². The highest BCUT2D eigenvalue weighted by atomic mass is 16.5. The number of ether oxygens (including phenoxy) is 1. The molecule has 0 aromatic heterocycles. The predicted molar refractivity (Wildman–Crippen MR) is 97.5 cm³/mol. The van der Waals surface area contributed by atoms with Gasteiger partial charge in [0.05, 0.1) is 12.8 Å². The molecule has 0 bridgehead atoms. The van der Waals surface area contributed by atoms with Crippen molar-refractivity contribution in [3.8, 4) is 11.8 Å². The number of fused-ring (bicyclic) bond motifs is 1. The second-order valence-electron chi connectivity index (χ2n) is 5.88. The van der Waals surface area contributed by atoms with Crippen LogP contribution < -0.4 is 15.0 Å². The van der Waals surface area contributed by atoms with E-state index in [0.29, 0.717) is 11.4 Å². The lowest BCUT2D eigenvalue weighted by atomic mass is 10.2. The Balaban J connectivity index is 1.84. The summed E-state index contributed by atoms with van der Waals surface area (Å²) in [5, 5.41) is 12.2. The molecule has 0 fully saturated rings. The number of aryl methyl sites for hydroxylation is 1. The molecule has 2 aromatic rings. The normalized spacial score (nSPS) is 13.2. The predicted octanol–water partition coefficient (Wildman–Crippen LogP) is 3.41. The number of carbonyl (C=O) groups is 1. The lowest BCUT2D eigenvalue weighted by Crippen LogP contribution is -2.19. The maximum absolute atomic E-state index is 12.5. The first-order chi connectivity index (χ1) is 12.1. The minimum atomic E-state index is -0.448. The van der Waals surface area contributed by atoms with Crippen molar-refractivity contribution in [1.82, 2.24) is 0 Å². The summed E-state index contributed by atoms with van der Waals surface area (Å²) in [6.07, 6.45) is 2.52. The Labute approximate surface area is 147 Å². The van der Waals surface area contributed by atoms with Crippen LogP contribution in [0.15, 0.2) is 54.2 Å². The number of nitriles is 1. The van der Waals surface area contributed by atoms with Crippen LogP contribution in [0.5, 0.6) is 5.75 Å². The van der Waals surface area contributed by atoms with Crippen molar-refractivity contribution in [2.75, 3.05) is 23.9 Å². The Kier molecular flexibility index (Phi) is 4.71. The second-order valence-corrected chi connectivity index (χ2v) is 5.88. The summed E-state index contributed by atoms with van der Waals surface area (Å²) in [7, 11) is 1.54. The molecule has 0 spiro atoms. The molecule has 0 unspecified atom stereocenters. The number of anilines is 2. The number of para-hydroxylation sites is 1. The fourth-order valence-corrected chi connectivity index (χ4v) is 2.90. The quantitative estimate of drug-likeness (QED) is 0.688. The largest absolute Gasteiger partial charge is 0.495 e. The van der Waals surface area contributed by atoms with Gasteiger partial charge in [-0.25, -0.2) is 0 Å². The number of rotatable bonds is 4. The summed E-state index contributed by atoms with van der Waals surface area (Å²) in [6.45, 7) is 2.68. The van der Waals surface area contributed by atoms with Crippen LogP contribution in [-0.2, 0) is 11.2 Å². The van der Waals surface area contributed by atoms with E-state index >= 15 is 0 Å². The fourth-order valence-electron chi connectivity index (χ4n) is 2.90. The van der Waals surface area contributed by atoms with Crippen LogP contribution in [0.3, 0.4) is 0 Å². The Morgan fingerprint density at radius 3 is 2.88 bits per heavy atom. The maximum Gasteiger partial charge on any atom is 0.267 e. The molecular formula is C20H19N3O2. The third-order valence-electron chi connectivity index (χ3n) is 4.18. The van der Waals surface area contributed by atoms with Gasteiger partial charge in [-0.05, 0) is 42.7 Å². The van der Waals surface area contributed by atoms with E-state index in [0.717, 1.165) is 24.2 Å². The molecule has 1 amide bonds. The van der Waals surface area contributed by atoms with Gasteiger partial charge >= 0.3 is 0 Å². The van der Waals surface area contributed by atoms with Crippen LogP contribution >= 0.6 is 0 Å². The van der Waals surface area contributed by atoms with E-state index in [2.05, 4.69) is 11.4 Å². The number of nitrogens with zero attached hydrogens (tertiary/aromatic N) is 2. The van der Waals surface area contributed by atoms with E-state index in [1.165, 1.54) is 5.56 Å². The van der Waals surface area contributed by atoms with E-state index in [1.54, 1.807) is 19.4 Å². The monoisotopic (exact) mass is 333 g/mol. The van der Waals surface area contributed by atoms with Crippen molar-refractivity contribution in [2.24, 2.45) is 0 Å². The highest BCUT2D eigenvalue weighted by Crippen LogP contribution is 2.29. The standard InChI is InChI=1S/C20H19N3O2/c1-14-7-8-19(25-2)17(11-14)22-20(24)16(12-21)13-23-10-9-15-5-3-4-6-18(15)23/h3-8,11,13H,9-10H2,1-2H3,(H,22,24)/b16-13-. The third kappa shape index (κ3) is 3.48. The first-order valence-corrected chi connectivity index (χ1v) is 8.05. The Bertz CT molecular complexity index is 881. The summed E-state index contributed by atoms with van der Waals surface area (Å²) < 4.78 is 5.27. The molecule has 0 saturated heterocycles. The molecule has 1 aliphatic rings. The molecule has 25 heavy (non-hydrogen) atoms. The number of hydrogen-bond acceptors (Lipinski definition) is 4. The zero-order valence-corrected chi connectivity index (χ0v) is 14.2. The van der Waals surface area contributed by atoms with Gasteiger partial charge in [0.15, 0.2) is 0 Å². The zero-order chi connectivity index (χ0) is 17.8. The number of nitrogens with one attached hydrogen (secondary N) is 1. The summed E-state index contributed by atoms with van der Waals surface area (Å²) in [6, 6.07) is 15.5. The van der Waals surface area contributed by atoms with Crippen molar-refractivity contribution < 1.29 is 9.53 Å². The smallest absolute Gasteiger partial charge is 0.267 e. The van der Waals surface area contributed by atoms with Gasteiger partial charge in [-0.15, -0.1) is 0 Å². The molecule has 0 saturated carbocycles. The number of methoxy groups -OCH3 is 1. The van der Waals surface area contributed by atoms with Crippen molar-refractivity contribution in [2.45, 2.75) is 13.3 Å². The molecular weight excluding hydrogens is 314 g/mol. The van der Waals surface area contributed by atoms with Crippen molar-refractivity contribution in [1.29, 1.82) is 5.26 Å². The topological polar surface area (TPSA) is 65.4 Å². The van der Waals surface area contributed by atoms with E-state index in [-0.39, 0.29) is 5.57 Å². The number of carbonyl (C=O) groups excluding carboxylic acids is 1. The molecule has 2 aromatic carbocycles. The molecule has 1 heterocycles. The minimum Gasteiger partial charge on any atom is -0.495 e. The van der Waals surface area contributed by atoms with Crippen molar-refractivity contribution in [3.05, 3.63) is 65.4 Å². The molecule has 0 atom stereocenters. The van der Waals surface area contributed by atoms with Gasteiger partial charge in [-0.1, -0.05) is 24.3 Å². The lowest BCUT2D eigenvalue weighted by Gasteiger charge is -2.15. The summed E-state index contributed by atoms with van der Waals surface area (Å²) >= 11 is 0. The van der Waals surface area contributed by atoms with Crippen LogP contribution in [0.4, 0.5) is 11.4 Å². The Morgan fingerprint density at radius 2 is 2.12 bits per heavy atom. The Morgan fingerprint density at radius 1 is 1.32 bits per heavy atom. The number of hydrogen-bond donors (Lipinski definition) is 1.